The van der Waals surface area contributed by atoms with Gasteiger partial charge in [0.25, 0.3) is 5.91 Å². The van der Waals surface area contributed by atoms with Crippen LogP contribution in [0.1, 0.15) is 17.4 Å². The average molecular weight is 294 g/mol. The Hall–Kier alpha value is -2.08. The number of nitrogens with two attached hydrogens (primary N) is 1. The fourth-order valence-electron chi connectivity index (χ4n) is 2.01. The van der Waals surface area contributed by atoms with Gasteiger partial charge in [0, 0.05) is 30.2 Å². The molecule has 0 bridgehead atoms. The number of primary amides is 1. The van der Waals surface area contributed by atoms with E-state index in [1.54, 1.807) is 0 Å². The van der Waals surface area contributed by atoms with E-state index in [2.05, 4.69) is 27.2 Å². The molecule has 0 spiro atoms. The number of aromatic nitrogens is 3. The van der Waals surface area contributed by atoms with Crippen molar-refractivity contribution in [3.63, 3.8) is 0 Å². The molecular weight excluding hydrogens is 278 g/mol. The SMILES string of the molecule is CCN(CCCl)c1ccc(-c2n[nH]nc2C(N)=O)cc1. The van der Waals surface area contributed by atoms with E-state index < -0.39 is 5.91 Å². The monoisotopic (exact) mass is 293 g/mol. The molecule has 0 saturated carbocycles. The molecule has 1 aromatic heterocycles. The Morgan fingerprint density at radius 2 is 2.05 bits per heavy atom. The zero-order valence-corrected chi connectivity index (χ0v) is 11.9. The van der Waals surface area contributed by atoms with E-state index in [9.17, 15) is 4.79 Å². The number of benzene rings is 1. The van der Waals surface area contributed by atoms with E-state index >= 15 is 0 Å². The Labute approximate surface area is 121 Å². The number of hydrogen-bond donors (Lipinski definition) is 2. The van der Waals surface area contributed by atoms with Crippen molar-refractivity contribution in [2.45, 2.75) is 6.92 Å². The van der Waals surface area contributed by atoms with Crippen LogP contribution in [0.5, 0.6) is 0 Å². The third kappa shape index (κ3) is 2.91. The molecule has 0 aliphatic heterocycles. The van der Waals surface area contributed by atoms with Crippen molar-refractivity contribution in [2.24, 2.45) is 5.73 Å². The molecule has 2 aromatic rings. The van der Waals surface area contributed by atoms with E-state index in [1.165, 1.54) is 0 Å². The Kier molecular flexibility index (Phi) is 4.57. The normalized spacial score (nSPS) is 10.5. The number of nitrogens with one attached hydrogen (secondary N) is 1. The molecule has 7 heteroatoms. The minimum atomic E-state index is -0.602. The smallest absolute Gasteiger partial charge is 0.271 e. The highest BCUT2D eigenvalue weighted by atomic mass is 35.5. The lowest BCUT2D eigenvalue weighted by molar-refractivity contribution is 0.0996. The van der Waals surface area contributed by atoms with Gasteiger partial charge in [0.1, 0.15) is 5.69 Å². The number of rotatable bonds is 6. The van der Waals surface area contributed by atoms with Crippen LogP contribution in [0, 0.1) is 0 Å². The third-order valence-corrected chi connectivity index (χ3v) is 3.19. The van der Waals surface area contributed by atoms with E-state index in [4.69, 9.17) is 17.3 Å². The lowest BCUT2D eigenvalue weighted by Crippen LogP contribution is -2.24. The second-order valence-corrected chi connectivity index (χ2v) is 4.58. The topological polar surface area (TPSA) is 87.9 Å². The van der Waals surface area contributed by atoms with Crippen LogP contribution in [-0.2, 0) is 0 Å². The van der Waals surface area contributed by atoms with Crippen LogP contribution in [-0.4, -0.2) is 40.3 Å². The van der Waals surface area contributed by atoms with Gasteiger partial charge in [-0.2, -0.15) is 15.4 Å². The van der Waals surface area contributed by atoms with E-state index in [-0.39, 0.29) is 5.69 Å². The summed E-state index contributed by atoms with van der Waals surface area (Å²) in [4.78, 5) is 13.4. The maximum atomic E-state index is 11.2. The summed E-state index contributed by atoms with van der Waals surface area (Å²) in [5.74, 6) is -0.0276. The minimum Gasteiger partial charge on any atom is -0.371 e. The standard InChI is InChI=1S/C13H16ClN5O/c1-2-19(8-7-14)10-5-3-9(4-6-10)11-12(13(15)20)17-18-16-11/h3-6H,2,7-8H2,1H3,(H2,15,20)(H,16,17,18). The summed E-state index contributed by atoms with van der Waals surface area (Å²) in [6.45, 7) is 3.74. The van der Waals surface area contributed by atoms with Crippen molar-refractivity contribution >= 4 is 23.2 Å². The number of halogens is 1. The van der Waals surface area contributed by atoms with E-state index in [1.807, 2.05) is 24.3 Å². The van der Waals surface area contributed by atoms with E-state index in [0.29, 0.717) is 11.6 Å². The molecule has 6 nitrogen and oxygen atoms in total. The zero-order valence-electron chi connectivity index (χ0n) is 11.1. The first-order valence-electron chi connectivity index (χ1n) is 6.29. The van der Waals surface area contributed by atoms with Crippen LogP contribution in [0.3, 0.4) is 0 Å². The molecule has 0 aliphatic carbocycles. The van der Waals surface area contributed by atoms with Gasteiger partial charge in [-0.05, 0) is 19.1 Å². The summed E-state index contributed by atoms with van der Waals surface area (Å²) < 4.78 is 0. The molecule has 0 unspecified atom stereocenters. The first kappa shape index (κ1) is 14.3. The molecule has 0 saturated heterocycles. The first-order valence-corrected chi connectivity index (χ1v) is 6.82. The quantitative estimate of drug-likeness (QED) is 0.793. The van der Waals surface area contributed by atoms with Gasteiger partial charge in [0.2, 0.25) is 0 Å². The number of amides is 1. The highest BCUT2D eigenvalue weighted by Gasteiger charge is 2.15. The van der Waals surface area contributed by atoms with Crippen LogP contribution in [0.15, 0.2) is 24.3 Å². The van der Waals surface area contributed by atoms with Crippen molar-refractivity contribution in [3.8, 4) is 11.3 Å². The number of aromatic amines is 1. The molecule has 106 valence electrons. The molecule has 0 aliphatic rings. The molecule has 1 amide bonds. The Morgan fingerprint density at radius 1 is 1.35 bits per heavy atom. The average Bonchev–Trinajstić information content (AvgIpc) is 2.94. The molecule has 0 radical (unpaired) electrons. The van der Waals surface area contributed by atoms with Gasteiger partial charge in [0.05, 0.1) is 0 Å². The number of H-pyrrole nitrogens is 1. The molecule has 1 heterocycles. The zero-order chi connectivity index (χ0) is 14.5. The summed E-state index contributed by atoms with van der Waals surface area (Å²) in [6, 6.07) is 7.70. The van der Waals surface area contributed by atoms with Crippen molar-refractivity contribution in [3.05, 3.63) is 30.0 Å². The Balaban J connectivity index is 2.28. The minimum absolute atomic E-state index is 0.144. The highest BCUT2D eigenvalue weighted by molar-refractivity contribution is 6.18. The van der Waals surface area contributed by atoms with Crippen molar-refractivity contribution in [1.82, 2.24) is 15.4 Å². The fraction of sp³-hybridized carbons (Fsp3) is 0.308. The number of alkyl halides is 1. The van der Waals surface area contributed by atoms with Gasteiger partial charge < -0.3 is 10.6 Å². The first-order chi connectivity index (χ1) is 9.67. The van der Waals surface area contributed by atoms with Gasteiger partial charge in [-0.15, -0.1) is 11.6 Å². The molecule has 20 heavy (non-hydrogen) atoms. The molecule has 1 aromatic carbocycles. The molecular formula is C13H16ClN5O. The number of anilines is 1. The Bertz CT molecular complexity index is 581. The highest BCUT2D eigenvalue weighted by Crippen LogP contribution is 2.23. The van der Waals surface area contributed by atoms with Gasteiger partial charge in [0.15, 0.2) is 5.69 Å². The number of carbonyl (C=O) groups is 1. The van der Waals surface area contributed by atoms with Crippen molar-refractivity contribution in [1.29, 1.82) is 0 Å². The lowest BCUT2D eigenvalue weighted by Gasteiger charge is -2.21. The predicted octanol–water partition coefficient (Wildman–Crippen LogP) is 1.64. The summed E-state index contributed by atoms with van der Waals surface area (Å²) in [5.41, 5.74) is 7.72. The summed E-state index contributed by atoms with van der Waals surface area (Å²) >= 11 is 5.78. The van der Waals surface area contributed by atoms with Crippen LogP contribution in [0.2, 0.25) is 0 Å². The van der Waals surface area contributed by atoms with Crippen molar-refractivity contribution < 1.29 is 4.79 Å². The summed E-state index contributed by atoms with van der Waals surface area (Å²) in [5, 5.41) is 10.1. The molecule has 3 N–H and O–H groups in total. The maximum absolute atomic E-state index is 11.2. The lowest BCUT2D eigenvalue weighted by atomic mass is 10.1. The van der Waals surface area contributed by atoms with Crippen LogP contribution in [0.25, 0.3) is 11.3 Å². The molecule has 0 fully saturated rings. The van der Waals surface area contributed by atoms with Gasteiger partial charge in [-0.3, -0.25) is 4.79 Å². The number of carbonyl (C=O) groups excluding carboxylic acids is 1. The predicted molar refractivity (Wildman–Crippen MR) is 78.9 cm³/mol. The molecule has 0 atom stereocenters. The van der Waals surface area contributed by atoms with Crippen molar-refractivity contribution in [2.75, 3.05) is 23.9 Å². The summed E-state index contributed by atoms with van der Waals surface area (Å²) in [6.07, 6.45) is 0. The third-order valence-electron chi connectivity index (χ3n) is 3.02. The van der Waals surface area contributed by atoms with Gasteiger partial charge in [-0.25, -0.2) is 0 Å². The van der Waals surface area contributed by atoms with E-state index in [0.717, 1.165) is 24.3 Å². The van der Waals surface area contributed by atoms with Crippen LogP contribution < -0.4 is 10.6 Å². The molecule has 2 rings (SSSR count). The largest absolute Gasteiger partial charge is 0.371 e. The number of hydrogen-bond acceptors (Lipinski definition) is 4. The second-order valence-electron chi connectivity index (χ2n) is 4.20. The maximum Gasteiger partial charge on any atom is 0.271 e. The second kappa shape index (κ2) is 6.38. The Morgan fingerprint density at radius 3 is 2.60 bits per heavy atom. The van der Waals surface area contributed by atoms with Gasteiger partial charge in [-0.1, -0.05) is 12.1 Å². The van der Waals surface area contributed by atoms with Crippen LogP contribution >= 0.6 is 11.6 Å². The number of nitrogens with zero attached hydrogens (tertiary/aromatic N) is 3. The van der Waals surface area contributed by atoms with Gasteiger partial charge >= 0.3 is 0 Å². The fourth-order valence-corrected chi connectivity index (χ4v) is 2.21. The summed E-state index contributed by atoms with van der Waals surface area (Å²) in [7, 11) is 0. The van der Waals surface area contributed by atoms with Crippen LogP contribution in [0.4, 0.5) is 5.69 Å².